The van der Waals surface area contributed by atoms with Gasteiger partial charge in [0.15, 0.2) is 0 Å². The SMILES string of the molecule is CC[C@H](C(=O)NC1CCCC1)N(CCc1ccccc1)C(=O)CN(c1cccc(C)c1C)S(C)(=O)=O. The van der Waals surface area contributed by atoms with Crippen molar-refractivity contribution >= 4 is 27.5 Å². The maximum Gasteiger partial charge on any atom is 0.244 e. The van der Waals surface area contributed by atoms with Crippen LogP contribution in [0, 0.1) is 13.8 Å². The predicted octanol–water partition coefficient (Wildman–Crippen LogP) is 3.98. The molecule has 0 spiro atoms. The maximum absolute atomic E-state index is 13.8. The Morgan fingerprint density at radius 3 is 2.31 bits per heavy atom. The minimum Gasteiger partial charge on any atom is -0.352 e. The number of aryl methyl sites for hydroxylation is 1. The number of hydrogen-bond acceptors (Lipinski definition) is 4. The third-order valence-electron chi connectivity index (χ3n) is 7.10. The molecule has 7 nitrogen and oxygen atoms in total. The average Bonchev–Trinajstić information content (AvgIpc) is 3.35. The van der Waals surface area contributed by atoms with Gasteiger partial charge in [0.1, 0.15) is 12.6 Å². The van der Waals surface area contributed by atoms with Crippen LogP contribution in [0.15, 0.2) is 48.5 Å². The summed E-state index contributed by atoms with van der Waals surface area (Å²) in [5.74, 6) is -0.547. The lowest BCUT2D eigenvalue weighted by molar-refractivity contribution is -0.139. The largest absolute Gasteiger partial charge is 0.352 e. The van der Waals surface area contributed by atoms with E-state index in [0.717, 1.165) is 52.9 Å². The molecule has 8 heteroatoms. The van der Waals surface area contributed by atoms with Gasteiger partial charge in [-0.3, -0.25) is 13.9 Å². The number of hydrogen-bond donors (Lipinski definition) is 1. The van der Waals surface area contributed by atoms with Gasteiger partial charge >= 0.3 is 0 Å². The molecule has 1 saturated carbocycles. The Labute approximate surface area is 215 Å². The smallest absolute Gasteiger partial charge is 0.244 e. The summed E-state index contributed by atoms with van der Waals surface area (Å²) < 4.78 is 26.8. The van der Waals surface area contributed by atoms with E-state index in [9.17, 15) is 18.0 Å². The molecule has 0 radical (unpaired) electrons. The fourth-order valence-corrected chi connectivity index (χ4v) is 5.76. The van der Waals surface area contributed by atoms with Crippen molar-refractivity contribution < 1.29 is 18.0 Å². The van der Waals surface area contributed by atoms with Crippen molar-refractivity contribution in [2.24, 2.45) is 0 Å². The zero-order valence-corrected chi connectivity index (χ0v) is 22.7. The van der Waals surface area contributed by atoms with Crippen LogP contribution in [-0.4, -0.2) is 56.6 Å². The van der Waals surface area contributed by atoms with Gasteiger partial charge in [0.05, 0.1) is 11.9 Å². The predicted molar refractivity (Wildman–Crippen MR) is 144 cm³/mol. The Morgan fingerprint density at radius 2 is 1.69 bits per heavy atom. The van der Waals surface area contributed by atoms with Crippen molar-refractivity contribution in [2.45, 2.75) is 71.4 Å². The van der Waals surface area contributed by atoms with Crippen LogP contribution in [0.1, 0.15) is 55.7 Å². The van der Waals surface area contributed by atoms with Crippen molar-refractivity contribution in [1.29, 1.82) is 0 Å². The lowest BCUT2D eigenvalue weighted by Crippen LogP contribution is -2.54. The summed E-state index contributed by atoms with van der Waals surface area (Å²) in [6.07, 6.45) is 6.22. The zero-order valence-electron chi connectivity index (χ0n) is 21.9. The number of anilines is 1. The van der Waals surface area contributed by atoms with Crippen molar-refractivity contribution in [3.8, 4) is 0 Å². The topological polar surface area (TPSA) is 86.8 Å². The number of carbonyl (C=O) groups excluding carboxylic acids is 2. The van der Waals surface area contributed by atoms with Crippen LogP contribution < -0.4 is 9.62 Å². The second kappa shape index (κ2) is 12.4. The van der Waals surface area contributed by atoms with E-state index >= 15 is 0 Å². The summed E-state index contributed by atoms with van der Waals surface area (Å²) in [6, 6.07) is 14.7. The number of benzene rings is 2. The summed E-state index contributed by atoms with van der Waals surface area (Å²) in [4.78, 5) is 28.6. The van der Waals surface area contributed by atoms with E-state index in [-0.39, 0.29) is 24.4 Å². The van der Waals surface area contributed by atoms with Crippen molar-refractivity contribution in [2.75, 3.05) is 23.7 Å². The van der Waals surface area contributed by atoms with Gasteiger partial charge in [0.2, 0.25) is 21.8 Å². The molecule has 2 aromatic carbocycles. The lowest BCUT2D eigenvalue weighted by Gasteiger charge is -2.33. The summed E-state index contributed by atoms with van der Waals surface area (Å²) >= 11 is 0. The van der Waals surface area contributed by atoms with Crippen LogP contribution in [0.4, 0.5) is 5.69 Å². The average molecular weight is 514 g/mol. The fraction of sp³-hybridized carbons (Fsp3) is 0.500. The van der Waals surface area contributed by atoms with E-state index in [2.05, 4.69) is 5.32 Å². The van der Waals surface area contributed by atoms with E-state index in [4.69, 9.17) is 0 Å². The quantitative estimate of drug-likeness (QED) is 0.492. The first-order valence-electron chi connectivity index (χ1n) is 12.8. The maximum atomic E-state index is 13.8. The Morgan fingerprint density at radius 1 is 1.03 bits per heavy atom. The first-order valence-corrected chi connectivity index (χ1v) is 14.6. The third-order valence-corrected chi connectivity index (χ3v) is 8.22. The number of amides is 2. The molecule has 0 aromatic heterocycles. The molecular weight excluding hydrogens is 474 g/mol. The van der Waals surface area contributed by atoms with Crippen molar-refractivity contribution in [1.82, 2.24) is 10.2 Å². The molecular formula is C28H39N3O4S. The van der Waals surface area contributed by atoms with Crippen LogP contribution in [0.3, 0.4) is 0 Å². The summed E-state index contributed by atoms with van der Waals surface area (Å²) in [5.41, 5.74) is 3.28. The number of nitrogens with zero attached hydrogens (tertiary/aromatic N) is 2. The first-order chi connectivity index (χ1) is 17.1. The van der Waals surface area contributed by atoms with Crippen LogP contribution in [0.5, 0.6) is 0 Å². The zero-order chi connectivity index (χ0) is 26.3. The second-order valence-electron chi connectivity index (χ2n) is 9.73. The molecule has 1 aliphatic carbocycles. The molecule has 1 atom stereocenters. The van der Waals surface area contributed by atoms with Gasteiger partial charge in [-0.1, -0.05) is 62.2 Å². The van der Waals surface area contributed by atoms with Gasteiger partial charge in [-0.25, -0.2) is 8.42 Å². The van der Waals surface area contributed by atoms with Crippen LogP contribution in [0.2, 0.25) is 0 Å². The fourth-order valence-electron chi connectivity index (χ4n) is 4.86. The monoisotopic (exact) mass is 513 g/mol. The minimum absolute atomic E-state index is 0.139. The van der Waals surface area contributed by atoms with Crippen molar-refractivity contribution in [3.63, 3.8) is 0 Å². The standard InChI is InChI=1S/C28H39N3O4S/c1-5-25(28(33)29-24-15-9-10-16-24)30(19-18-23-13-7-6-8-14-23)27(32)20-31(36(4,34)35)26-17-11-12-21(2)22(26)3/h6-8,11-14,17,24-25H,5,9-10,15-16,18-20H2,1-4H3,(H,29,33)/t25-/m1/s1. The molecule has 0 aliphatic heterocycles. The van der Waals surface area contributed by atoms with E-state index in [0.29, 0.717) is 25.1 Å². The normalized spacial score (nSPS) is 14.9. The van der Waals surface area contributed by atoms with E-state index < -0.39 is 16.1 Å². The molecule has 196 valence electrons. The van der Waals surface area contributed by atoms with Crippen LogP contribution >= 0.6 is 0 Å². The van der Waals surface area contributed by atoms with Gasteiger partial charge in [0.25, 0.3) is 0 Å². The number of sulfonamides is 1. The van der Waals surface area contributed by atoms with Gasteiger partial charge < -0.3 is 10.2 Å². The molecule has 2 aromatic rings. The summed E-state index contributed by atoms with van der Waals surface area (Å²) in [5, 5.41) is 3.13. The first kappa shape index (κ1) is 27.7. The van der Waals surface area contributed by atoms with Crippen molar-refractivity contribution in [3.05, 3.63) is 65.2 Å². The number of rotatable bonds is 11. The molecule has 0 saturated heterocycles. The Kier molecular flexibility index (Phi) is 9.54. The molecule has 1 aliphatic rings. The highest BCUT2D eigenvalue weighted by Gasteiger charge is 2.33. The van der Waals surface area contributed by atoms with Gasteiger partial charge in [-0.05, 0) is 62.3 Å². The molecule has 0 unspecified atom stereocenters. The summed E-state index contributed by atoms with van der Waals surface area (Å²) in [7, 11) is -3.74. The molecule has 1 N–H and O–H groups in total. The highest BCUT2D eigenvalue weighted by Crippen LogP contribution is 2.25. The molecule has 36 heavy (non-hydrogen) atoms. The number of nitrogens with one attached hydrogen (secondary N) is 1. The third kappa shape index (κ3) is 7.09. The second-order valence-corrected chi connectivity index (χ2v) is 11.6. The van der Waals surface area contributed by atoms with Gasteiger partial charge in [-0.15, -0.1) is 0 Å². The van der Waals surface area contributed by atoms with E-state index in [1.165, 1.54) is 0 Å². The molecule has 0 bridgehead atoms. The van der Waals surface area contributed by atoms with Gasteiger partial charge in [-0.2, -0.15) is 0 Å². The van der Waals surface area contributed by atoms with Gasteiger partial charge in [0, 0.05) is 12.6 Å². The molecule has 2 amide bonds. The number of carbonyl (C=O) groups is 2. The van der Waals surface area contributed by atoms with Crippen LogP contribution in [-0.2, 0) is 26.0 Å². The van der Waals surface area contributed by atoms with E-state index in [1.54, 1.807) is 17.0 Å². The Bertz CT molecular complexity index is 1140. The van der Waals surface area contributed by atoms with E-state index in [1.807, 2.05) is 57.2 Å². The lowest BCUT2D eigenvalue weighted by atomic mass is 10.1. The molecule has 3 rings (SSSR count). The summed E-state index contributed by atoms with van der Waals surface area (Å²) in [6.45, 7) is 5.62. The Balaban J connectivity index is 1.89. The Hall–Kier alpha value is -2.87. The highest BCUT2D eigenvalue weighted by molar-refractivity contribution is 7.92. The highest BCUT2D eigenvalue weighted by atomic mass is 32.2. The molecule has 1 fully saturated rings. The minimum atomic E-state index is -3.74. The molecule has 0 heterocycles. The van der Waals surface area contributed by atoms with Crippen LogP contribution in [0.25, 0.3) is 0 Å².